The van der Waals surface area contributed by atoms with E-state index in [0.717, 1.165) is 18.7 Å². The molecule has 1 aliphatic rings. The molecule has 1 aromatic heterocycles. The van der Waals surface area contributed by atoms with Gasteiger partial charge in [0.05, 0.1) is 51.9 Å². The molecule has 2 heterocycles. The van der Waals surface area contributed by atoms with Gasteiger partial charge in [-0.1, -0.05) is 6.07 Å². The van der Waals surface area contributed by atoms with E-state index in [9.17, 15) is 9.59 Å². The van der Waals surface area contributed by atoms with Crippen LogP contribution in [-0.2, 0) is 22.5 Å². The Morgan fingerprint density at radius 2 is 1.76 bits per heavy atom. The Kier molecular flexibility index (Phi) is 11.2. The van der Waals surface area contributed by atoms with E-state index in [4.69, 9.17) is 23.9 Å². The fourth-order valence-electron chi connectivity index (χ4n) is 4.62. The lowest BCUT2D eigenvalue weighted by Crippen LogP contribution is -2.48. The molecule has 1 saturated heterocycles. The van der Waals surface area contributed by atoms with Crippen LogP contribution in [0.1, 0.15) is 16.9 Å². The van der Waals surface area contributed by atoms with Crippen molar-refractivity contribution in [2.24, 2.45) is 0 Å². The van der Waals surface area contributed by atoms with E-state index in [1.807, 2.05) is 24.3 Å². The molecule has 1 aliphatic heterocycles. The summed E-state index contributed by atoms with van der Waals surface area (Å²) < 4.78 is 21.8. The number of furan rings is 1. The molecule has 0 unspecified atom stereocenters. The number of morpholine rings is 1. The summed E-state index contributed by atoms with van der Waals surface area (Å²) in [7, 11) is 3.17. The van der Waals surface area contributed by atoms with Crippen LogP contribution < -0.4 is 14.8 Å². The highest BCUT2D eigenvalue weighted by Gasteiger charge is 2.24. The molecule has 11 heteroatoms. The molecule has 3 amide bonds. The maximum atomic E-state index is 13.8. The molecule has 11 nitrogen and oxygen atoms in total. The Labute approximate surface area is 246 Å². The molecule has 2 aromatic carbocycles. The molecule has 4 rings (SSSR count). The zero-order valence-corrected chi connectivity index (χ0v) is 24.1. The van der Waals surface area contributed by atoms with E-state index in [2.05, 4.69) is 16.3 Å². The van der Waals surface area contributed by atoms with Crippen molar-refractivity contribution in [1.29, 1.82) is 5.26 Å². The monoisotopic (exact) mass is 575 g/mol. The first-order valence-corrected chi connectivity index (χ1v) is 13.9. The third kappa shape index (κ3) is 8.73. The average molecular weight is 576 g/mol. The predicted molar refractivity (Wildman–Crippen MR) is 156 cm³/mol. The third-order valence-electron chi connectivity index (χ3n) is 7.07. The Morgan fingerprint density at radius 3 is 2.43 bits per heavy atom. The second kappa shape index (κ2) is 15.5. The summed E-state index contributed by atoms with van der Waals surface area (Å²) in [5.74, 6) is 1.70. The molecule has 42 heavy (non-hydrogen) atoms. The van der Waals surface area contributed by atoms with Crippen molar-refractivity contribution in [3.63, 3.8) is 0 Å². The number of benzene rings is 2. The molecular formula is C31H37N5O6. The Morgan fingerprint density at radius 1 is 1.00 bits per heavy atom. The number of urea groups is 1. The number of amides is 3. The van der Waals surface area contributed by atoms with Gasteiger partial charge in [-0.3, -0.25) is 9.69 Å². The first kappa shape index (κ1) is 30.4. The lowest BCUT2D eigenvalue weighted by molar-refractivity contribution is -0.132. The molecule has 0 atom stereocenters. The number of nitriles is 1. The van der Waals surface area contributed by atoms with Crippen molar-refractivity contribution < 1.29 is 28.2 Å². The minimum Gasteiger partial charge on any atom is -0.493 e. The first-order valence-electron chi connectivity index (χ1n) is 13.9. The maximum Gasteiger partial charge on any atom is 0.322 e. The number of rotatable bonds is 13. The van der Waals surface area contributed by atoms with Gasteiger partial charge in [0.2, 0.25) is 5.91 Å². The SMILES string of the molecule is COc1ccc(CCN(Cc2ccco2)C(=O)CN(CCN2CCOCC2)C(=O)Nc2ccc(C#N)cc2)cc1OC. The summed E-state index contributed by atoms with van der Waals surface area (Å²) in [5, 5.41) is 12.0. The van der Waals surface area contributed by atoms with Gasteiger partial charge in [0.1, 0.15) is 12.3 Å². The van der Waals surface area contributed by atoms with Crippen molar-refractivity contribution in [1.82, 2.24) is 14.7 Å². The van der Waals surface area contributed by atoms with Crippen LogP contribution in [0.3, 0.4) is 0 Å². The number of carbonyl (C=O) groups is 2. The lowest BCUT2D eigenvalue weighted by Gasteiger charge is -2.31. The molecule has 0 spiro atoms. The second-order valence-corrected chi connectivity index (χ2v) is 9.83. The third-order valence-corrected chi connectivity index (χ3v) is 7.07. The van der Waals surface area contributed by atoms with Crippen LogP contribution in [0.5, 0.6) is 11.5 Å². The van der Waals surface area contributed by atoms with Gasteiger partial charge in [0, 0.05) is 38.4 Å². The molecule has 0 bridgehead atoms. The zero-order chi connectivity index (χ0) is 29.7. The molecule has 1 N–H and O–H groups in total. The van der Waals surface area contributed by atoms with Gasteiger partial charge in [-0.25, -0.2) is 4.79 Å². The van der Waals surface area contributed by atoms with Crippen LogP contribution in [0.4, 0.5) is 10.5 Å². The highest BCUT2D eigenvalue weighted by molar-refractivity contribution is 5.92. The minimum atomic E-state index is -0.390. The Hall–Kier alpha value is -4.53. The van der Waals surface area contributed by atoms with Crippen molar-refractivity contribution in [3.05, 3.63) is 77.7 Å². The van der Waals surface area contributed by atoms with Crippen LogP contribution in [-0.4, -0.2) is 93.3 Å². The highest BCUT2D eigenvalue weighted by Crippen LogP contribution is 2.28. The number of methoxy groups -OCH3 is 2. The van der Waals surface area contributed by atoms with Crippen LogP contribution >= 0.6 is 0 Å². The number of ether oxygens (including phenoxy) is 3. The summed E-state index contributed by atoms with van der Waals surface area (Å²) >= 11 is 0. The van der Waals surface area contributed by atoms with Gasteiger partial charge < -0.3 is 33.7 Å². The summed E-state index contributed by atoms with van der Waals surface area (Å²) in [6, 6.07) is 17.6. The molecule has 0 saturated carbocycles. The van der Waals surface area contributed by atoms with E-state index < -0.39 is 0 Å². The number of hydrogen-bond donors (Lipinski definition) is 1. The predicted octanol–water partition coefficient (Wildman–Crippen LogP) is 3.61. The fraction of sp³-hybridized carbons (Fsp3) is 0.387. The molecule has 1 fully saturated rings. The quantitative estimate of drug-likeness (QED) is 0.328. The van der Waals surface area contributed by atoms with Crippen LogP contribution in [0, 0.1) is 11.3 Å². The van der Waals surface area contributed by atoms with Gasteiger partial charge in [-0.2, -0.15) is 5.26 Å². The Balaban J connectivity index is 1.48. The topological polar surface area (TPSA) is 121 Å². The molecule has 3 aromatic rings. The Bertz CT molecular complexity index is 1330. The van der Waals surface area contributed by atoms with Crippen LogP contribution in [0.15, 0.2) is 65.3 Å². The van der Waals surface area contributed by atoms with E-state index in [0.29, 0.717) is 67.8 Å². The maximum absolute atomic E-state index is 13.8. The molecular weight excluding hydrogens is 538 g/mol. The van der Waals surface area contributed by atoms with E-state index in [-0.39, 0.29) is 25.0 Å². The number of carbonyl (C=O) groups excluding carboxylic acids is 2. The largest absolute Gasteiger partial charge is 0.493 e. The number of nitrogens with one attached hydrogen (secondary N) is 1. The lowest BCUT2D eigenvalue weighted by atomic mass is 10.1. The van der Waals surface area contributed by atoms with Gasteiger partial charge in [0.15, 0.2) is 11.5 Å². The highest BCUT2D eigenvalue weighted by atomic mass is 16.5. The van der Waals surface area contributed by atoms with Crippen LogP contribution in [0.2, 0.25) is 0 Å². The standard InChI is InChI=1S/C31H37N5O6/c1-39-28-10-7-24(20-29(28)40-2)11-12-35(22-27-4-3-17-42-27)30(37)23-36(14-13-34-15-18-41-19-16-34)31(38)33-26-8-5-25(21-32)6-9-26/h3-10,17,20H,11-16,18-19,22-23H2,1-2H3,(H,33,38). The van der Waals surface area contributed by atoms with E-state index in [1.54, 1.807) is 55.7 Å². The summed E-state index contributed by atoms with van der Waals surface area (Å²) in [6.45, 7) is 4.37. The normalized spacial score (nSPS) is 13.2. The van der Waals surface area contributed by atoms with Crippen LogP contribution in [0.25, 0.3) is 0 Å². The van der Waals surface area contributed by atoms with Crippen molar-refractivity contribution >= 4 is 17.6 Å². The van der Waals surface area contributed by atoms with E-state index in [1.165, 1.54) is 4.90 Å². The second-order valence-electron chi connectivity index (χ2n) is 9.83. The number of nitrogens with zero attached hydrogens (tertiary/aromatic N) is 4. The molecule has 0 aliphatic carbocycles. The molecule has 222 valence electrons. The number of anilines is 1. The van der Waals surface area contributed by atoms with Crippen molar-refractivity contribution in [3.8, 4) is 17.6 Å². The van der Waals surface area contributed by atoms with Gasteiger partial charge in [-0.05, 0) is 60.5 Å². The first-order chi connectivity index (χ1) is 20.5. The van der Waals surface area contributed by atoms with Gasteiger partial charge >= 0.3 is 6.03 Å². The smallest absolute Gasteiger partial charge is 0.322 e. The van der Waals surface area contributed by atoms with Crippen molar-refractivity contribution in [2.75, 3.05) is 72.0 Å². The summed E-state index contributed by atoms with van der Waals surface area (Å²) in [6.07, 6.45) is 2.14. The summed E-state index contributed by atoms with van der Waals surface area (Å²) in [5.41, 5.74) is 2.02. The molecule has 0 radical (unpaired) electrons. The zero-order valence-electron chi connectivity index (χ0n) is 24.1. The average Bonchev–Trinajstić information content (AvgIpc) is 3.55. The number of hydrogen-bond acceptors (Lipinski definition) is 8. The fourth-order valence-corrected chi connectivity index (χ4v) is 4.62. The minimum absolute atomic E-state index is 0.112. The van der Waals surface area contributed by atoms with Crippen molar-refractivity contribution in [2.45, 2.75) is 13.0 Å². The summed E-state index contributed by atoms with van der Waals surface area (Å²) in [4.78, 5) is 32.6. The van der Waals surface area contributed by atoms with Gasteiger partial charge in [0.25, 0.3) is 0 Å². The van der Waals surface area contributed by atoms with E-state index >= 15 is 0 Å². The van der Waals surface area contributed by atoms with Gasteiger partial charge in [-0.15, -0.1) is 0 Å².